The number of Topliss-reactive ketones (excluding diaryl/α,β-unsaturated/α-hetero) is 1. The minimum atomic E-state index is -0.632. The highest BCUT2D eigenvalue weighted by Gasteiger charge is 2.42. The lowest BCUT2D eigenvalue weighted by atomic mass is 9.76. The average molecular weight is 929 g/mol. The van der Waals surface area contributed by atoms with Gasteiger partial charge in [-0.15, -0.1) is 0 Å². The van der Waals surface area contributed by atoms with E-state index in [1.165, 1.54) is 0 Å². The molecular formula is C54H100N6O6. The molecule has 0 aromatic rings. The first kappa shape index (κ1) is 59.1. The number of hydrogen-bond donors (Lipinski definition) is 2. The fourth-order valence-corrected chi connectivity index (χ4v) is 9.08. The Kier molecular flexibility index (Phi) is 23.9. The molecule has 2 heterocycles. The topological polar surface area (TPSA) is 139 Å². The fraction of sp³-hybridized carbons (Fsp3) is 0.889. The minimum absolute atomic E-state index is 0.0334. The summed E-state index contributed by atoms with van der Waals surface area (Å²) in [5.74, 6) is -0.363. The van der Waals surface area contributed by atoms with Crippen LogP contribution >= 0.6 is 0 Å². The Morgan fingerprint density at radius 1 is 0.621 bits per heavy atom. The maximum atomic E-state index is 14.2. The number of nitrogens with zero attached hydrogens (tertiary/aromatic N) is 4. The first-order chi connectivity index (χ1) is 30.5. The minimum Gasteiger partial charge on any atom is -0.344 e. The Morgan fingerprint density at radius 3 is 1.42 bits per heavy atom. The van der Waals surface area contributed by atoms with Gasteiger partial charge in [0.1, 0.15) is 11.8 Å². The van der Waals surface area contributed by atoms with Crippen molar-refractivity contribution in [3.8, 4) is 0 Å². The Morgan fingerprint density at radius 2 is 1.05 bits per heavy atom. The first-order valence-corrected chi connectivity index (χ1v) is 26.2. The first-order valence-electron chi connectivity index (χ1n) is 26.2. The lowest BCUT2D eigenvalue weighted by Gasteiger charge is -2.38. The van der Waals surface area contributed by atoms with Gasteiger partial charge >= 0.3 is 0 Å². The van der Waals surface area contributed by atoms with Crippen LogP contribution in [0.3, 0.4) is 0 Å². The summed E-state index contributed by atoms with van der Waals surface area (Å²) < 4.78 is 0. The van der Waals surface area contributed by atoms with Crippen molar-refractivity contribution in [2.45, 2.75) is 231 Å². The molecule has 2 aliphatic heterocycles. The zero-order chi connectivity index (χ0) is 50.2. The number of carbonyl (C=O) groups is 6. The number of likely N-dealkylation sites (tertiary alicyclic amines) is 2. The van der Waals surface area contributed by atoms with Crippen LogP contribution in [0.5, 0.6) is 0 Å². The highest BCUT2D eigenvalue weighted by Crippen LogP contribution is 2.34. The number of nitrogens with one attached hydrogen (secondary N) is 2. The molecule has 0 aromatic heterocycles. The molecule has 2 rings (SSSR count). The third-order valence-electron chi connectivity index (χ3n) is 14.3. The molecule has 12 heteroatoms. The van der Waals surface area contributed by atoms with Crippen molar-refractivity contribution in [3.05, 3.63) is 0 Å². The molecule has 0 aliphatic carbocycles. The second-order valence-electron chi connectivity index (χ2n) is 24.8. The van der Waals surface area contributed by atoms with Crippen LogP contribution in [0.4, 0.5) is 0 Å². The van der Waals surface area contributed by atoms with Crippen LogP contribution in [0.15, 0.2) is 0 Å². The van der Waals surface area contributed by atoms with Crippen LogP contribution in [0.25, 0.3) is 0 Å². The highest BCUT2D eigenvalue weighted by molar-refractivity contribution is 5.91. The van der Waals surface area contributed by atoms with Crippen molar-refractivity contribution in [2.24, 2.45) is 33.5 Å². The molecule has 2 fully saturated rings. The monoisotopic (exact) mass is 929 g/mol. The molecule has 0 spiro atoms. The smallest absolute Gasteiger partial charge is 0.246 e. The van der Waals surface area contributed by atoms with E-state index in [1.54, 1.807) is 7.05 Å². The lowest BCUT2D eigenvalue weighted by molar-refractivity contribution is -0.144. The van der Waals surface area contributed by atoms with Crippen LogP contribution in [0.2, 0.25) is 0 Å². The number of rotatable bonds is 26. The number of unbranched alkanes of at least 4 members (excludes halogenated alkanes) is 5. The van der Waals surface area contributed by atoms with E-state index < -0.39 is 17.4 Å². The van der Waals surface area contributed by atoms with Crippen LogP contribution < -0.4 is 10.6 Å². The summed E-state index contributed by atoms with van der Waals surface area (Å²) in [6.45, 7) is 34.7. The molecule has 6 atom stereocenters. The summed E-state index contributed by atoms with van der Waals surface area (Å²) in [5, 5.41) is 6.11. The summed E-state index contributed by atoms with van der Waals surface area (Å²) in [4.78, 5) is 90.0. The van der Waals surface area contributed by atoms with E-state index in [2.05, 4.69) is 52.2 Å². The molecule has 382 valence electrons. The molecule has 2 aliphatic rings. The van der Waals surface area contributed by atoms with Crippen molar-refractivity contribution in [1.29, 1.82) is 0 Å². The molecular weight excluding hydrogens is 829 g/mol. The Labute approximate surface area is 403 Å². The van der Waals surface area contributed by atoms with Crippen molar-refractivity contribution in [3.63, 3.8) is 0 Å². The molecule has 0 radical (unpaired) electrons. The largest absolute Gasteiger partial charge is 0.344 e. The SMILES string of the molecule is CC[C@@H](C)C(=O)N[C@H](C(=O)N1CCC[C@H]1CN(CCC(C)(C)C)C(=O)CCCCCCCCC(=O)N(CCC(C)(C)C)C[C@@H]1CCCN1C(=O)[C@@H](CC(=O)[C@H](C)NC)C(C)(C)C)C(C)(C)C. The van der Waals surface area contributed by atoms with Crippen molar-refractivity contribution in [1.82, 2.24) is 30.2 Å². The van der Waals surface area contributed by atoms with Gasteiger partial charge in [-0.3, -0.25) is 28.8 Å². The van der Waals surface area contributed by atoms with E-state index in [0.717, 1.165) is 77.0 Å². The Bertz CT molecular complexity index is 1440. The van der Waals surface area contributed by atoms with E-state index in [-0.39, 0.29) is 82.0 Å². The van der Waals surface area contributed by atoms with Crippen LogP contribution in [0.1, 0.15) is 207 Å². The second kappa shape index (κ2) is 26.7. The van der Waals surface area contributed by atoms with Gasteiger partial charge in [0.2, 0.25) is 29.5 Å². The zero-order valence-electron chi connectivity index (χ0n) is 45.3. The molecule has 66 heavy (non-hydrogen) atoms. The highest BCUT2D eigenvalue weighted by atomic mass is 16.2. The second-order valence-corrected chi connectivity index (χ2v) is 24.8. The van der Waals surface area contributed by atoms with E-state index in [1.807, 2.05) is 81.9 Å². The van der Waals surface area contributed by atoms with Gasteiger partial charge in [-0.1, -0.05) is 123 Å². The van der Waals surface area contributed by atoms with Gasteiger partial charge in [0.05, 0.1) is 6.04 Å². The van der Waals surface area contributed by atoms with Gasteiger partial charge in [0.15, 0.2) is 0 Å². The molecule has 0 aromatic carbocycles. The predicted octanol–water partition coefficient (Wildman–Crippen LogP) is 9.43. The zero-order valence-corrected chi connectivity index (χ0v) is 45.3. The third kappa shape index (κ3) is 20.3. The molecule has 0 unspecified atom stereocenters. The summed E-state index contributed by atoms with van der Waals surface area (Å²) in [6, 6.07) is -1.07. The number of carbonyl (C=O) groups excluding carboxylic acids is 6. The van der Waals surface area contributed by atoms with Crippen molar-refractivity contribution < 1.29 is 28.8 Å². The Hall–Kier alpha value is -3.02. The van der Waals surface area contributed by atoms with Gasteiger partial charge in [0, 0.05) is 82.5 Å². The molecule has 5 amide bonds. The predicted molar refractivity (Wildman–Crippen MR) is 270 cm³/mol. The van der Waals surface area contributed by atoms with Gasteiger partial charge in [0.25, 0.3) is 0 Å². The Balaban J connectivity index is 1.98. The number of hydrogen-bond acceptors (Lipinski definition) is 7. The van der Waals surface area contributed by atoms with Gasteiger partial charge in [-0.2, -0.15) is 0 Å². The summed E-state index contributed by atoms with van der Waals surface area (Å²) in [5.41, 5.74) is -0.701. The van der Waals surface area contributed by atoms with Crippen LogP contribution in [-0.2, 0) is 28.8 Å². The molecule has 12 nitrogen and oxygen atoms in total. The lowest BCUT2D eigenvalue weighted by Crippen LogP contribution is -2.57. The standard InChI is InChI=1S/C54H100N6O6/c1-17-39(2)48(64)56-47(54(13,14)15)50(66)60-33-25-27-42(60)38-58(35-31-52(7,8)9)46(63)29-23-21-19-18-20-22-28-45(62)57(34-30-51(4,5)6)37-41-26-24-32-59(41)49(65)43(53(10,11)12)36-44(61)40(3)55-16/h39-43,47,55H,17-38H2,1-16H3,(H,56,64)/t39-,40+,41+,42+,43-,47-/m1/s1. The van der Waals surface area contributed by atoms with Gasteiger partial charge in [-0.25, -0.2) is 0 Å². The van der Waals surface area contributed by atoms with Crippen molar-refractivity contribution in [2.75, 3.05) is 46.3 Å². The molecule has 0 bridgehead atoms. The number of amides is 5. The van der Waals surface area contributed by atoms with E-state index in [0.29, 0.717) is 58.5 Å². The number of ketones is 1. The molecule has 2 saturated heterocycles. The normalized spacial score (nSPS) is 19.0. The van der Waals surface area contributed by atoms with Crippen LogP contribution in [-0.4, -0.2) is 125 Å². The fourth-order valence-electron chi connectivity index (χ4n) is 9.08. The van der Waals surface area contributed by atoms with Crippen LogP contribution in [0, 0.1) is 33.5 Å². The van der Waals surface area contributed by atoms with E-state index in [4.69, 9.17) is 0 Å². The number of likely N-dealkylation sites (N-methyl/N-ethyl adjacent to an activating group) is 1. The third-order valence-corrected chi connectivity index (χ3v) is 14.3. The van der Waals surface area contributed by atoms with E-state index >= 15 is 0 Å². The summed E-state index contributed by atoms with van der Waals surface area (Å²) in [7, 11) is 1.77. The summed E-state index contributed by atoms with van der Waals surface area (Å²) >= 11 is 0. The maximum absolute atomic E-state index is 14.2. The van der Waals surface area contributed by atoms with Crippen molar-refractivity contribution >= 4 is 35.3 Å². The van der Waals surface area contributed by atoms with Gasteiger partial charge in [-0.05, 0) is 93.4 Å². The molecule has 2 N–H and O–H groups in total. The van der Waals surface area contributed by atoms with Gasteiger partial charge < -0.3 is 30.2 Å². The molecule has 0 saturated carbocycles. The van der Waals surface area contributed by atoms with E-state index in [9.17, 15) is 28.8 Å². The maximum Gasteiger partial charge on any atom is 0.246 e. The summed E-state index contributed by atoms with van der Waals surface area (Å²) in [6.07, 6.45) is 12.6. The average Bonchev–Trinajstić information content (AvgIpc) is 3.89. The quantitative estimate of drug-likeness (QED) is 0.0825.